The van der Waals surface area contributed by atoms with E-state index in [1.54, 1.807) is 0 Å². The van der Waals surface area contributed by atoms with Gasteiger partial charge in [0.25, 0.3) is 11.6 Å². The van der Waals surface area contributed by atoms with E-state index in [2.05, 4.69) is 5.32 Å². The molecular formula is C15H10F2N2O5. The molecule has 0 unspecified atom stereocenters. The lowest BCUT2D eigenvalue weighted by molar-refractivity contribution is -0.384. The van der Waals surface area contributed by atoms with Crippen molar-refractivity contribution in [3.63, 3.8) is 0 Å². The lowest BCUT2D eigenvalue weighted by Crippen LogP contribution is -2.20. The van der Waals surface area contributed by atoms with Crippen LogP contribution >= 0.6 is 0 Å². The second-order valence-electron chi connectivity index (χ2n) is 4.56. The molecule has 0 fully saturated rings. The number of carbonyl (C=O) groups excluding carboxylic acids is 2. The summed E-state index contributed by atoms with van der Waals surface area (Å²) in [5.41, 5.74) is -0.359. The Bertz CT molecular complexity index is 810. The normalized spacial score (nSPS) is 10.1. The molecule has 0 saturated heterocycles. The van der Waals surface area contributed by atoms with Gasteiger partial charge >= 0.3 is 0 Å². The number of nitro groups is 1. The molecule has 0 atom stereocenters. The predicted molar refractivity (Wildman–Crippen MR) is 79.0 cm³/mol. The molecule has 0 saturated carbocycles. The van der Waals surface area contributed by atoms with Crippen LogP contribution in [0, 0.1) is 21.7 Å². The summed E-state index contributed by atoms with van der Waals surface area (Å²) in [6, 6.07) is 6.14. The van der Waals surface area contributed by atoms with Crippen molar-refractivity contribution in [2.24, 2.45) is 0 Å². The van der Waals surface area contributed by atoms with Gasteiger partial charge in [-0.15, -0.1) is 0 Å². The molecule has 7 nitrogen and oxygen atoms in total. The number of anilines is 1. The number of rotatable bonds is 6. The van der Waals surface area contributed by atoms with Gasteiger partial charge in [0.05, 0.1) is 10.5 Å². The SMILES string of the molecule is O=Cc1cc([N+](=O)[O-])ccc1OCC(=O)Nc1ccc(F)c(F)c1. The number of ether oxygens (including phenoxy) is 1. The van der Waals surface area contributed by atoms with Gasteiger partial charge in [-0.2, -0.15) is 0 Å². The second-order valence-corrected chi connectivity index (χ2v) is 4.56. The average Bonchev–Trinajstić information content (AvgIpc) is 2.56. The number of nitrogens with one attached hydrogen (secondary N) is 1. The van der Waals surface area contributed by atoms with Crippen LogP contribution in [0.4, 0.5) is 20.2 Å². The summed E-state index contributed by atoms with van der Waals surface area (Å²) >= 11 is 0. The lowest BCUT2D eigenvalue weighted by atomic mass is 10.2. The van der Waals surface area contributed by atoms with Crippen LogP contribution in [0.5, 0.6) is 5.75 Å². The maximum Gasteiger partial charge on any atom is 0.270 e. The fourth-order valence-corrected chi connectivity index (χ4v) is 1.79. The number of non-ortho nitro benzene ring substituents is 1. The minimum Gasteiger partial charge on any atom is -0.483 e. The molecule has 24 heavy (non-hydrogen) atoms. The fourth-order valence-electron chi connectivity index (χ4n) is 1.79. The van der Waals surface area contributed by atoms with Crippen LogP contribution < -0.4 is 10.1 Å². The van der Waals surface area contributed by atoms with Gasteiger partial charge in [0.2, 0.25) is 0 Å². The summed E-state index contributed by atoms with van der Waals surface area (Å²) in [6.07, 6.45) is 0.357. The second kappa shape index (κ2) is 7.27. The van der Waals surface area contributed by atoms with E-state index in [0.29, 0.717) is 6.29 Å². The van der Waals surface area contributed by atoms with Crippen molar-refractivity contribution in [2.45, 2.75) is 0 Å². The Morgan fingerprint density at radius 2 is 1.96 bits per heavy atom. The third-order valence-corrected chi connectivity index (χ3v) is 2.89. The molecule has 124 valence electrons. The van der Waals surface area contributed by atoms with E-state index in [1.165, 1.54) is 12.1 Å². The summed E-state index contributed by atoms with van der Waals surface area (Å²) in [6.45, 7) is -0.530. The summed E-state index contributed by atoms with van der Waals surface area (Å²) in [7, 11) is 0. The number of benzene rings is 2. The van der Waals surface area contributed by atoms with Gasteiger partial charge in [-0.3, -0.25) is 19.7 Å². The molecule has 1 N–H and O–H groups in total. The maximum absolute atomic E-state index is 13.0. The Hall–Kier alpha value is -3.36. The van der Waals surface area contributed by atoms with Gasteiger partial charge in [0.1, 0.15) is 5.75 Å². The van der Waals surface area contributed by atoms with Gasteiger partial charge in [0, 0.05) is 23.9 Å². The molecule has 0 radical (unpaired) electrons. The standard InChI is InChI=1S/C15H10F2N2O5/c16-12-3-1-10(6-13(12)17)18-15(21)8-24-14-4-2-11(19(22)23)5-9(14)7-20/h1-7H,8H2,(H,18,21). The smallest absolute Gasteiger partial charge is 0.270 e. The summed E-state index contributed by atoms with van der Waals surface area (Å²) < 4.78 is 30.9. The summed E-state index contributed by atoms with van der Waals surface area (Å²) in [4.78, 5) is 32.6. The number of hydrogen-bond donors (Lipinski definition) is 1. The first-order valence-electron chi connectivity index (χ1n) is 6.52. The molecule has 0 spiro atoms. The minimum absolute atomic E-state index is 0.0176. The monoisotopic (exact) mass is 336 g/mol. The van der Waals surface area contributed by atoms with Gasteiger partial charge < -0.3 is 10.1 Å². The Balaban J connectivity index is 2.02. The van der Waals surface area contributed by atoms with Crippen LogP contribution in [0.25, 0.3) is 0 Å². The topological polar surface area (TPSA) is 98.5 Å². The lowest BCUT2D eigenvalue weighted by Gasteiger charge is -2.09. The highest BCUT2D eigenvalue weighted by Crippen LogP contribution is 2.22. The van der Waals surface area contributed by atoms with Crippen molar-refractivity contribution < 1.29 is 28.0 Å². The first-order chi connectivity index (χ1) is 11.4. The minimum atomic E-state index is -1.12. The molecule has 0 bridgehead atoms. The Morgan fingerprint density at radius 1 is 1.21 bits per heavy atom. The van der Waals surface area contributed by atoms with Crippen molar-refractivity contribution >= 4 is 23.6 Å². The van der Waals surface area contributed by atoms with E-state index < -0.39 is 29.1 Å². The maximum atomic E-state index is 13.0. The zero-order chi connectivity index (χ0) is 17.7. The predicted octanol–water partition coefficient (Wildman–Crippen LogP) is 2.70. The van der Waals surface area contributed by atoms with E-state index in [9.17, 15) is 28.5 Å². The number of hydrogen-bond acceptors (Lipinski definition) is 5. The molecule has 2 aromatic carbocycles. The van der Waals surface area contributed by atoms with E-state index in [-0.39, 0.29) is 22.7 Å². The number of carbonyl (C=O) groups is 2. The van der Waals surface area contributed by atoms with Gasteiger partial charge in [0.15, 0.2) is 24.5 Å². The van der Waals surface area contributed by atoms with Crippen molar-refractivity contribution in [2.75, 3.05) is 11.9 Å². The number of nitrogens with zero attached hydrogens (tertiary/aromatic N) is 1. The fraction of sp³-hybridized carbons (Fsp3) is 0.0667. The highest BCUT2D eigenvalue weighted by molar-refractivity contribution is 5.92. The van der Waals surface area contributed by atoms with Gasteiger partial charge in [-0.1, -0.05) is 0 Å². The van der Waals surface area contributed by atoms with E-state index in [4.69, 9.17) is 4.74 Å². The van der Waals surface area contributed by atoms with Crippen LogP contribution in [0.15, 0.2) is 36.4 Å². The van der Waals surface area contributed by atoms with Crippen LogP contribution in [0.2, 0.25) is 0 Å². The molecule has 2 aromatic rings. The third-order valence-electron chi connectivity index (χ3n) is 2.89. The summed E-state index contributed by atoms with van der Waals surface area (Å²) in [5.74, 6) is -2.87. The molecule has 2 rings (SSSR count). The molecule has 0 heterocycles. The van der Waals surface area contributed by atoms with Crippen molar-refractivity contribution in [3.8, 4) is 5.75 Å². The highest BCUT2D eigenvalue weighted by atomic mass is 19.2. The van der Waals surface area contributed by atoms with Crippen molar-refractivity contribution in [1.29, 1.82) is 0 Å². The molecule has 0 aliphatic carbocycles. The van der Waals surface area contributed by atoms with Crippen LogP contribution in [0.1, 0.15) is 10.4 Å². The number of halogens is 2. The van der Waals surface area contributed by atoms with Gasteiger partial charge in [-0.05, 0) is 18.2 Å². The molecule has 1 amide bonds. The molecule has 9 heteroatoms. The first kappa shape index (κ1) is 17.0. The number of nitro benzene ring substituents is 1. The van der Waals surface area contributed by atoms with Crippen molar-refractivity contribution in [3.05, 3.63) is 63.7 Å². The average molecular weight is 336 g/mol. The van der Waals surface area contributed by atoms with Gasteiger partial charge in [-0.25, -0.2) is 8.78 Å². The first-order valence-corrected chi connectivity index (χ1v) is 6.52. The number of amides is 1. The molecular weight excluding hydrogens is 326 g/mol. The quantitative estimate of drug-likeness (QED) is 0.497. The zero-order valence-corrected chi connectivity index (χ0v) is 12.0. The third kappa shape index (κ3) is 4.09. The van der Waals surface area contributed by atoms with E-state index in [1.807, 2.05) is 0 Å². The Kier molecular flexibility index (Phi) is 5.15. The van der Waals surface area contributed by atoms with E-state index in [0.717, 1.165) is 24.3 Å². The largest absolute Gasteiger partial charge is 0.483 e. The van der Waals surface area contributed by atoms with Crippen LogP contribution in [-0.2, 0) is 4.79 Å². The van der Waals surface area contributed by atoms with E-state index >= 15 is 0 Å². The Morgan fingerprint density at radius 3 is 2.58 bits per heavy atom. The van der Waals surface area contributed by atoms with Crippen LogP contribution in [0.3, 0.4) is 0 Å². The Labute approximate surface area is 134 Å². The highest BCUT2D eigenvalue weighted by Gasteiger charge is 2.13. The van der Waals surface area contributed by atoms with Crippen molar-refractivity contribution in [1.82, 2.24) is 0 Å². The molecule has 0 aliphatic rings. The molecule has 0 aliphatic heterocycles. The zero-order valence-electron chi connectivity index (χ0n) is 12.0. The molecule has 0 aromatic heterocycles. The number of aldehydes is 1. The van der Waals surface area contributed by atoms with Crippen LogP contribution in [-0.4, -0.2) is 23.7 Å². The summed E-state index contributed by atoms with van der Waals surface area (Å²) in [5, 5.41) is 12.9.